The summed E-state index contributed by atoms with van der Waals surface area (Å²) in [5.74, 6) is 1.32. The Labute approximate surface area is 165 Å². The minimum absolute atomic E-state index is 0.0196. The molecule has 0 fully saturated rings. The molecule has 1 N–H and O–H groups in total. The molecule has 0 radical (unpaired) electrons. The lowest BCUT2D eigenvalue weighted by molar-refractivity contribution is -0.136. The number of carboxylic acids is 1. The molecule has 0 aliphatic carbocycles. The predicted octanol–water partition coefficient (Wildman–Crippen LogP) is 6.16. The van der Waals surface area contributed by atoms with Crippen LogP contribution in [0.4, 0.5) is 0 Å². The van der Waals surface area contributed by atoms with Gasteiger partial charge in [0.1, 0.15) is 11.5 Å². The van der Waals surface area contributed by atoms with Crippen molar-refractivity contribution in [3.8, 4) is 11.5 Å². The van der Waals surface area contributed by atoms with E-state index in [4.69, 9.17) is 9.84 Å². The van der Waals surface area contributed by atoms with E-state index >= 15 is 0 Å². The molecule has 0 bridgehead atoms. The van der Waals surface area contributed by atoms with Crippen LogP contribution in [0, 0.1) is 0 Å². The third kappa shape index (κ3) is 5.38. The number of thioether (sulfide) groups is 1. The molecule has 0 unspecified atom stereocenters. The Morgan fingerprint density at radius 1 is 1.00 bits per heavy atom. The fourth-order valence-corrected chi connectivity index (χ4v) is 3.76. The number of carboxylic acid groups (broad SMARTS) is 1. The van der Waals surface area contributed by atoms with E-state index < -0.39 is 5.97 Å². The Kier molecular flexibility index (Phi) is 6.36. The van der Waals surface area contributed by atoms with Gasteiger partial charge in [-0.15, -0.1) is 11.8 Å². The topological polar surface area (TPSA) is 46.5 Å². The summed E-state index contributed by atoms with van der Waals surface area (Å²) >= 11 is 5.26. The number of rotatable bonds is 7. The van der Waals surface area contributed by atoms with E-state index in [9.17, 15) is 4.79 Å². The van der Waals surface area contributed by atoms with Crippen molar-refractivity contribution in [2.75, 3.05) is 0 Å². The summed E-state index contributed by atoms with van der Waals surface area (Å²) in [5, 5.41) is 8.95. The second kappa shape index (κ2) is 8.92. The van der Waals surface area contributed by atoms with E-state index in [-0.39, 0.29) is 6.42 Å². The second-order valence-electron chi connectivity index (χ2n) is 5.67. The van der Waals surface area contributed by atoms with E-state index in [0.29, 0.717) is 11.3 Å². The van der Waals surface area contributed by atoms with E-state index in [0.717, 1.165) is 21.5 Å². The number of ether oxygens (including phenoxy) is 1. The third-order valence-corrected chi connectivity index (χ3v) is 5.20. The van der Waals surface area contributed by atoms with Crippen molar-refractivity contribution in [3.63, 3.8) is 0 Å². The zero-order valence-corrected chi connectivity index (χ0v) is 16.3. The van der Waals surface area contributed by atoms with Crippen LogP contribution in [0.2, 0.25) is 0 Å². The number of halogens is 1. The summed E-state index contributed by atoms with van der Waals surface area (Å²) in [6, 6.07) is 23.3. The number of aliphatic carboxylic acids is 1. The maximum absolute atomic E-state index is 10.9. The van der Waals surface area contributed by atoms with Crippen LogP contribution in [-0.4, -0.2) is 11.1 Å². The monoisotopic (exact) mass is 428 g/mol. The molecule has 3 aromatic rings. The third-order valence-electron chi connectivity index (χ3n) is 3.64. The molecule has 3 nitrogen and oxygen atoms in total. The molecule has 0 amide bonds. The van der Waals surface area contributed by atoms with Gasteiger partial charge in [-0.2, -0.15) is 0 Å². The summed E-state index contributed by atoms with van der Waals surface area (Å²) in [7, 11) is 0. The second-order valence-corrected chi connectivity index (χ2v) is 7.64. The standard InChI is InChI=1S/C21H17BrO3S/c22-17-9-10-20(16(13-17)14-26-19-7-2-1-3-8-19)25-18-6-4-5-15(11-18)12-21(23)24/h1-11,13H,12,14H2,(H,23,24). The van der Waals surface area contributed by atoms with Crippen molar-refractivity contribution in [1.29, 1.82) is 0 Å². The molecule has 3 rings (SSSR count). The van der Waals surface area contributed by atoms with Crippen molar-refractivity contribution in [2.45, 2.75) is 17.1 Å². The van der Waals surface area contributed by atoms with Gasteiger partial charge in [-0.25, -0.2) is 0 Å². The lowest BCUT2D eigenvalue weighted by Crippen LogP contribution is -2.00. The Morgan fingerprint density at radius 2 is 1.81 bits per heavy atom. The van der Waals surface area contributed by atoms with Crippen molar-refractivity contribution in [1.82, 2.24) is 0 Å². The maximum Gasteiger partial charge on any atom is 0.307 e. The van der Waals surface area contributed by atoms with Gasteiger partial charge >= 0.3 is 5.97 Å². The van der Waals surface area contributed by atoms with Crippen LogP contribution >= 0.6 is 27.7 Å². The van der Waals surface area contributed by atoms with Gasteiger partial charge < -0.3 is 9.84 Å². The molecule has 132 valence electrons. The first kappa shape index (κ1) is 18.5. The molecule has 0 aliphatic rings. The van der Waals surface area contributed by atoms with Gasteiger partial charge in [0.25, 0.3) is 0 Å². The summed E-state index contributed by atoms with van der Waals surface area (Å²) < 4.78 is 7.04. The fraction of sp³-hybridized carbons (Fsp3) is 0.0952. The van der Waals surface area contributed by atoms with Gasteiger partial charge in [0.15, 0.2) is 0 Å². The molecule has 3 aromatic carbocycles. The van der Waals surface area contributed by atoms with E-state index in [1.54, 1.807) is 23.9 Å². The highest BCUT2D eigenvalue weighted by atomic mass is 79.9. The molecule has 0 aromatic heterocycles. The van der Waals surface area contributed by atoms with Gasteiger partial charge in [-0.1, -0.05) is 46.3 Å². The molecule has 0 saturated carbocycles. The minimum Gasteiger partial charge on any atom is -0.481 e. The van der Waals surface area contributed by atoms with Crippen molar-refractivity contribution < 1.29 is 14.6 Å². The summed E-state index contributed by atoms with van der Waals surface area (Å²) in [6.45, 7) is 0. The first-order chi connectivity index (χ1) is 12.6. The molecule has 0 saturated heterocycles. The summed E-state index contributed by atoms with van der Waals surface area (Å²) in [4.78, 5) is 12.1. The van der Waals surface area contributed by atoms with Crippen LogP contribution in [-0.2, 0) is 17.0 Å². The van der Waals surface area contributed by atoms with Gasteiger partial charge in [-0.3, -0.25) is 4.79 Å². The number of hydrogen-bond donors (Lipinski definition) is 1. The Morgan fingerprint density at radius 3 is 2.58 bits per heavy atom. The highest BCUT2D eigenvalue weighted by Gasteiger charge is 2.09. The molecule has 0 heterocycles. The quantitative estimate of drug-likeness (QED) is 0.457. The zero-order valence-electron chi connectivity index (χ0n) is 13.9. The first-order valence-electron chi connectivity index (χ1n) is 8.05. The normalized spacial score (nSPS) is 10.5. The zero-order chi connectivity index (χ0) is 18.4. The van der Waals surface area contributed by atoms with Crippen LogP contribution in [0.1, 0.15) is 11.1 Å². The summed E-state index contributed by atoms with van der Waals surface area (Å²) in [6.07, 6.45) is -0.0196. The number of benzene rings is 3. The van der Waals surface area contributed by atoms with Crippen LogP contribution < -0.4 is 4.74 Å². The Bertz CT molecular complexity index is 897. The highest BCUT2D eigenvalue weighted by molar-refractivity contribution is 9.10. The molecule has 0 atom stereocenters. The van der Waals surface area contributed by atoms with Crippen molar-refractivity contribution in [2.24, 2.45) is 0 Å². The largest absolute Gasteiger partial charge is 0.481 e. The molecule has 0 spiro atoms. The van der Waals surface area contributed by atoms with Crippen LogP contribution in [0.3, 0.4) is 0 Å². The molecule has 0 aliphatic heterocycles. The minimum atomic E-state index is -0.856. The average molecular weight is 429 g/mol. The molecular formula is C21H17BrO3S. The van der Waals surface area contributed by atoms with Gasteiger partial charge in [0.05, 0.1) is 6.42 Å². The van der Waals surface area contributed by atoms with Crippen LogP contribution in [0.15, 0.2) is 82.2 Å². The van der Waals surface area contributed by atoms with E-state index in [1.165, 1.54) is 4.90 Å². The summed E-state index contributed by atoms with van der Waals surface area (Å²) in [5.41, 5.74) is 1.78. The highest BCUT2D eigenvalue weighted by Crippen LogP contribution is 2.33. The molecular weight excluding hydrogens is 412 g/mol. The van der Waals surface area contributed by atoms with Gasteiger partial charge in [0.2, 0.25) is 0 Å². The predicted molar refractivity (Wildman–Crippen MR) is 108 cm³/mol. The van der Waals surface area contributed by atoms with Gasteiger partial charge in [-0.05, 0) is 48.0 Å². The lowest BCUT2D eigenvalue weighted by Gasteiger charge is -2.12. The fourth-order valence-electron chi connectivity index (χ4n) is 2.46. The van der Waals surface area contributed by atoms with Crippen molar-refractivity contribution >= 4 is 33.7 Å². The Hall–Kier alpha value is -2.24. The van der Waals surface area contributed by atoms with E-state index in [2.05, 4.69) is 28.1 Å². The SMILES string of the molecule is O=C(O)Cc1cccc(Oc2ccc(Br)cc2CSc2ccccc2)c1. The smallest absolute Gasteiger partial charge is 0.307 e. The Balaban J connectivity index is 1.78. The van der Waals surface area contributed by atoms with E-state index in [1.807, 2.05) is 48.5 Å². The first-order valence-corrected chi connectivity index (χ1v) is 9.83. The number of hydrogen-bond acceptors (Lipinski definition) is 3. The van der Waals surface area contributed by atoms with Crippen molar-refractivity contribution in [3.05, 3.63) is 88.4 Å². The average Bonchev–Trinajstić information content (AvgIpc) is 2.62. The van der Waals surface area contributed by atoms with Crippen LogP contribution in [0.25, 0.3) is 0 Å². The molecule has 26 heavy (non-hydrogen) atoms. The van der Waals surface area contributed by atoms with Crippen LogP contribution in [0.5, 0.6) is 11.5 Å². The maximum atomic E-state index is 10.9. The number of carbonyl (C=O) groups is 1. The van der Waals surface area contributed by atoms with Gasteiger partial charge in [0, 0.05) is 20.7 Å². The lowest BCUT2D eigenvalue weighted by atomic mass is 10.1. The molecule has 5 heteroatoms.